The Kier molecular flexibility index (Phi) is 9.58. The average molecular weight is 455 g/mol. The second kappa shape index (κ2) is 12.6. The lowest BCUT2D eigenvalue weighted by molar-refractivity contribution is -0.253. The Morgan fingerprint density at radius 1 is 1.12 bits per heavy atom. The van der Waals surface area contributed by atoms with Crippen molar-refractivity contribution in [1.29, 1.82) is 0 Å². The number of amides is 1. The fraction of sp³-hybridized carbons (Fsp3) is 0.519. The van der Waals surface area contributed by atoms with E-state index in [4.69, 9.17) is 9.99 Å². The molecule has 1 aliphatic rings. The number of benzene rings is 2. The van der Waals surface area contributed by atoms with Crippen molar-refractivity contribution in [1.82, 2.24) is 5.32 Å². The first-order valence-corrected chi connectivity index (χ1v) is 12.2. The number of nitrogens with one attached hydrogen (secondary N) is 1. The highest BCUT2D eigenvalue weighted by atomic mass is 17.1. The zero-order valence-electron chi connectivity index (χ0n) is 20.2. The van der Waals surface area contributed by atoms with Gasteiger partial charge in [0.05, 0.1) is 19.1 Å². The average Bonchev–Trinajstić information content (AvgIpc) is 2.81. The highest BCUT2D eigenvalue weighted by Crippen LogP contribution is 2.32. The van der Waals surface area contributed by atoms with Gasteiger partial charge in [0.1, 0.15) is 12.4 Å². The first-order valence-electron chi connectivity index (χ1n) is 12.2. The van der Waals surface area contributed by atoms with Gasteiger partial charge in [0.15, 0.2) is 0 Å². The molecular weight excluding hydrogens is 416 g/mol. The van der Waals surface area contributed by atoms with Gasteiger partial charge in [0.25, 0.3) is 0 Å². The lowest BCUT2D eigenvalue weighted by Crippen LogP contribution is -2.34. The van der Waals surface area contributed by atoms with Crippen LogP contribution in [0.1, 0.15) is 69.2 Å². The van der Waals surface area contributed by atoms with Crippen LogP contribution in [0, 0.1) is 5.92 Å². The molecule has 1 saturated heterocycles. The number of hydrogen-bond acceptors (Lipinski definition) is 5. The molecule has 0 unspecified atom stereocenters. The second-order valence-corrected chi connectivity index (χ2v) is 9.18. The van der Waals surface area contributed by atoms with Crippen molar-refractivity contribution in [2.24, 2.45) is 5.92 Å². The van der Waals surface area contributed by atoms with Gasteiger partial charge in [0, 0.05) is 24.3 Å². The van der Waals surface area contributed by atoms with Crippen LogP contribution in [-0.4, -0.2) is 30.9 Å². The van der Waals surface area contributed by atoms with E-state index in [9.17, 15) is 4.79 Å². The summed E-state index contributed by atoms with van der Waals surface area (Å²) >= 11 is 0. The van der Waals surface area contributed by atoms with E-state index in [1.54, 1.807) is 0 Å². The molecule has 1 aliphatic heterocycles. The summed E-state index contributed by atoms with van der Waals surface area (Å²) in [7, 11) is 0. The number of piperidine rings is 1. The molecule has 1 heterocycles. The lowest BCUT2D eigenvalue weighted by atomic mass is 9.94. The smallest absolute Gasteiger partial charge is 0.224 e. The molecule has 180 valence electrons. The summed E-state index contributed by atoms with van der Waals surface area (Å²) in [5.74, 6) is 1.07. The molecule has 0 aliphatic carbocycles. The zero-order chi connectivity index (χ0) is 23.6. The highest BCUT2D eigenvalue weighted by molar-refractivity contribution is 5.79. The van der Waals surface area contributed by atoms with Gasteiger partial charge in [-0.05, 0) is 61.8 Å². The first kappa shape index (κ1) is 25.1. The van der Waals surface area contributed by atoms with Crippen LogP contribution in [0.5, 0.6) is 5.75 Å². The number of para-hydroxylation sites is 1. The summed E-state index contributed by atoms with van der Waals surface area (Å²) in [6.45, 7) is 8.98. The fourth-order valence-electron chi connectivity index (χ4n) is 4.56. The zero-order valence-corrected chi connectivity index (χ0v) is 20.2. The number of carbonyl (C=O) groups excluding carboxylic acids is 1. The maximum Gasteiger partial charge on any atom is 0.224 e. The third kappa shape index (κ3) is 7.21. The Bertz CT molecular complexity index is 893. The van der Waals surface area contributed by atoms with E-state index in [0.717, 1.165) is 30.6 Å². The van der Waals surface area contributed by atoms with E-state index in [0.29, 0.717) is 18.3 Å². The predicted octanol–water partition coefficient (Wildman–Crippen LogP) is 5.51. The Morgan fingerprint density at radius 2 is 1.88 bits per heavy atom. The molecule has 33 heavy (non-hydrogen) atoms. The van der Waals surface area contributed by atoms with Crippen molar-refractivity contribution < 1.29 is 19.7 Å². The molecule has 3 rings (SSSR count). The first-order chi connectivity index (χ1) is 16.0. The molecule has 0 radical (unpaired) electrons. The van der Waals surface area contributed by atoms with Crippen molar-refractivity contribution in [3.05, 3.63) is 59.2 Å². The number of nitrogens with zero attached hydrogens (tertiary/aromatic N) is 1. The van der Waals surface area contributed by atoms with E-state index in [-0.39, 0.29) is 25.0 Å². The van der Waals surface area contributed by atoms with Crippen LogP contribution in [0.15, 0.2) is 42.5 Å². The van der Waals surface area contributed by atoms with Gasteiger partial charge in [-0.15, -0.1) is 0 Å². The Hall–Kier alpha value is -2.57. The minimum Gasteiger partial charge on any atom is -0.493 e. The van der Waals surface area contributed by atoms with E-state index in [2.05, 4.69) is 53.2 Å². The highest BCUT2D eigenvalue weighted by Gasteiger charge is 2.22. The van der Waals surface area contributed by atoms with Crippen LogP contribution in [0.25, 0.3) is 0 Å². The van der Waals surface area contributed by atoms with Crippen LogP contribution in [-0.2, 0) is 22.7 Å². The monoisotopic (exact) mass is 454 g/mol. The van der Waals surface area contributed by atoms with Crippen LogP contribution < -0.4 is 15.0 Å². The molecule has 1 amide bonds. The van der Waals surface area contributed by atoms with E-state index < -0.39 is 0 Å². The predicted molar refractivity (Wildman–Crippen MR) is 132 cm³/mol. The lowest BCUT2D eigenvalue weighted by Gasteiger charge is -2.33. The van der Waals surface area contributed by atoms with Crippen molar-refractivity contribution in [3.8, 4) is 5.75 Å². The number of carbonyl (C=O) groups is 1. The summed E-state index contributed by atoms with van der Waals surface area (Å²) in [5, 5.41) is 12.1. The van der Waals surface area contributed by atoms with E-state index >= 15 is 0 Å². The Balaban J connectivity index is 1.77. The molecule has 6 nitrogen and oxygen atoms in total. The fourth-order valence-corrected chi connectivity index (χ4v) is 4.56. The van der Waals surface area contributed by atoms with Crippen LogP contribution in [0.4, 0.5) is 5.69 Å². The van der Waals surface area contributed by atoms with Gasteiger partial charge in [-0.25, -0.2) is 4.89 Å². The summed E-state index contributed by atoms with van der Waals surface area (Å²) < 4.78 is 5.67. The second-order valence-electron chi connectivity index (χ2n) is 9.18. The SMILES string of the molecule is CCOc1cc(CC(=O)N[C@H](CC(C)C)c2ccccc2N2CCCCC2)ccc1COO. The van der Waals surface area contributed by atoms with Crippen molar-refractivity contribution >= 4 is 11.6 Å². The van der Waals surface area contributed by atoms with Crippen molar-refractivity contribution in [2.45, 2.75) is 65.5 Å². The molecule has 2 aromatic rings. The molecule has 6 heteroatoms. The normalized spacial score (nSPS) is 14.9. The van der Waals surface area contributed by atoms with E-state index in [1.807, 2.05) is 25.1 Å². The summed E-state index contributed by atoms with van der Waals surface area (Å²) in [4.78, 5) is 19.9. The Morgan fingerprint density at radius 3 is 2.58 bits per heavy atom. The maximum absolute atomic E-state index is 13.1. The number of rotatable bonds is 11. The summed E-state index contributed by atoms with van der Waals surface area (Å²) in [6, 6.07) is 14.1. The molecule has 1 atom stereocenters. The van der Waals surface area contributed by atoms with Gasteiger partial charge in [0.2, 0.25) is 5.91 Å². The number of ether oxygens (including phenoxy) is 1. The molecule has 1 fully saturated rings. The summed E-state index contributed by atoms with van der Waals surface area (Å²) in [6.07, 6.45) is 4.87. The number of hydrogen-bond donors (Lipinski definition) is 2. The largest absolute Gasteiger partial charge is 0.493 e. The molecule has 0 spiro atoms. The van der Waals surface area contributed by atoms with Crippen LogP contribution >= 0.6 is 0 Å². The Labute approximate surface area is 197 Å². The standard InChI is InChI=1S/C27H38N2O4/c1-4-32-26-17-21(12-13-22(26)19-33-31)18-27(30)28-24(16-20(2)3)23-10-6-7-11-25(23)29-14-8-5-9-15-29/h6-7,10-13,17,20,24,31H,4-5,8-9,14-16,18-19H2,1-3H3,(H,28,30)/t24-/m1/s1. The van der Waals surface area contributed by atoms with Gasteiger partial charge in [-0.2, -0.15) is 0 Å². The molecule has 0 bridgehead atoms. The maximum atomic E-state index is 13.1. The third-order valence-corrected chi connectivity index (χ3v) is 6.07. The molecule has 0 aromatic heterocycles. The molecule has 2 aromatic carbocycles. The topological polar surface area (TPSA) is 71.0 Å². The molecule has 2 N–H and O–H groups in total. The summed E-state index contributed by atoms with van der Waals surface area (Å²) in [5.41, 5.74) is 4.06. The van der Waals surface area contributed by atoms with E-state index in [1.165, 1.54) is 30.5 Å². The van der Waals surface area contributed by atoms with Gasteiger partial charge in [-0.1, -0.05) is 44.2 Å². The third-order valence-electron chi connectivity index (χ3n) is 6.07. The minimum atomic E-state index is -0.0379. The van der Waals surface area contributed by atoms with Gasteiger partial charge >= 0.3 is 0 Å². The van der Waals surface area contributed by atoms with Crippen molar-refractivity contribution in [3.63, 3.8) is 0 Å². The van der Waals surface area contributed by atoms with Gasteiger partial charge in [-0.3, -0.25) is 10.1 Å². The molecular formula is C27H38N2O4. The van der Waals surface area contributed by atoms with Crippen molar-refractivity contribution in [2.75, 3.05) is 24.6 Å². The quantitative estimate of drug-likeness (QED) is 0.346. The number of anilines is 1. The molecule has 0 saturated carbocycles. The van der Waals surface area contributed by atoms with Crippen LogP contribution in [0.2, 0.25) is 0 Å². The van der Waals surface area contributed by atoms with Gasteiger partial charge < -0.3 is 15.0 Å². The van der Waals surface area contributed by atoms with Crippen LogP contribution in [0.3, 0.4) is 0 Å². The minimum absolute atomic E-state index is 0.0114.